The first-order chi connectivity index (χ1) is 20.9. The lowest BCUT2D eigenvalue weighted by Gasteiger charge is -2.30. The molecule has 4 N–H and O–H groups in total. The first kappa shape index (κ1) is 30.4. The molecule has 0 aliphatic carbocycles. The zero-order chi connectivity index (χ0) is 31.4. The van der Waals surface area contributed by atoms with E-state index in [2.05, 4.69) is 30.6 Å². The van der Waals surface area contributed by atoms with Crippen LogP contribution in [0.25, 0.3) is 22.3 Å². The number of nitrogens with two attached hydrogens (primary N) is 1. The quantitative estimate of drug-likeness (QED) is 0.359. The summed E-state index contributed by atoms with van der Waals surface area (Å²) in [6, 6.07) is -0.264. The second-order valence-electron chi connectivity index (χ2n) is 11.6. The van der Waals surface area contributed by atoms with E-state index in [0.717, 1.165) is 19.9 Å². The molecule has 6 heterocycles. The van der Waals surface area contributed by atoms with Gasteiger partial charge in [0.2, 0.25) is 5.88 Å². The minimum Gasteiger partial charge on any atom is -0.474 e. The van der Waals surface area contributed by atoms with E-state index in [1.165, 1.54) is 0 Å². The van der Waals surface area contributed by atoms with Crippen LogP contribution < -0.4 is 25.8 Å². The number of nitrogens with zero attached hydrogens (tertiary/aromatic N) is 5. The molecule has 2 fully saturated rings. The van der Waals surface area contributed by atoms with Gasteiger partial charge in [-0.2, -0.15) is 23.1 Å². The average Bonchev–Trinajstić information content (AvgIpc) is 3.47. The van der Waals surface area contributed by atoms with Gasteiger partial charge >= 0.3 is 12.2 Å². The number of alkyl halides is 4. The molecule has 6 rings (SSSR count). The van der Waals surface area contributed by atoms with Crippen LogP contribution in [0.2, 0.25) is 0 Å². The molecule has 0 saturated carbocycles. The van der Waals surface area contributed by atoms with Gasteiger partial charge in [0.1, 0.15) is 40.9 Å². The fraction of sp³-hybridized carbons (Fsp3) is 0.571. The van der Waals surface area contributed by atoms with E-state index in [4.69, 9.17) is 15.2 Å². The molecule has 0 unspecified atom stereocenters. The number of ether oxygens (including phenoxy) is 2. The zero-order valence-corrected chi connectivity index (χ0v) is 24.1. The van der Waals surface area contributed by atoms with Crippen molar-refractivity contribution >= 4 is 22.5 Å². The SMILES string of the molecule is Cc1c(F)c(N)nc(-c2nc3c4c(nc(OC[C@@]56CCCN5C[C@H](F)C6)nc4c2F)NCCNCC[C@H](C)O3)c1C(F)(F)F. The fourth-order valence-corrected chi connectivity index (χ4v) is 6.37. The van der Waals surface area contributed by atoms with Crippen LogP contribution in [0, 0.1) is 18.6 Å². The van der Waals surface area contributed by atoms with Crippen LogP contribution in [0.5, 0.6) is 11.9 Å². The van der Waals surface area contributed by atoms with Gasteiger partial charge in [0.25, 0.3) is 0 Å². The molecular weight excluding hydrogens is 594 g/mol. The summed E-state index contributed by atoms with van der Waals surface area (Å²) in [5.41, 5.74) is 0.346. The second kappa shape index (κ2) is 11.4. The number of hydrogen-bond donors (Lipinski definition) is 3. The number of hydrogen-bond acceptors (Lipinski definition) is 10. The molecule has 3 atom stereocenters. The van der Waals surface area contributed by atoms with E-state index in [0.29, 0.717) is 39.0 Å². The number of aromatic nitrogens is 4. The van der Waals surface area contributed by atoms with Gasteiger partial charge in [0.05, 0.1) is 17.2 Å². The summed E-state index contributed by atoms with van der Waals surface area (Å²) in [5, 5.41) is 6.31. The summed E-state index contributed by atoms with van der Waals surface area (Å²) in [7, 11) is 0. The molecule has 3 aliphatic rings. The highest BCUT2D eigenvalue weighted by molar-refractivity contribution is 5.96. The van der Waals surface area contributed by atoms with Gasteiger partial charge in [-0.15, -0.1) is 0 Å². The first-order valence-corrected chi connectivity index (χ1v) is 14.5. The first-order valence-electron chi connectivity index (χ1n) is 14.5. The lowest BCUT2D eigenvalue weighted by Crippen LogP contribution is -2.43. The van der Waals surface area contributed by atoms with Gasteiger partial charge in [0.15, 0.2) is 17.5 Å². The third kappa shape index (κ3) is 5.42. The van der Waals surface area contributed by atoms with E-state index < -0.39 is 69.5 Å². The van der Waals surface area contributed by atoms with E-state index in [1.54, 1.807) is 6.92 Å². The van der Waals surface area contributed by atoms with Crippen molar-refractivity contribution in [3.8, 4) is 23.3 Å². The second-order valence-corrected chi connectivity index (χ2v) is 11.6. The Labute approximate surface area is 248 Å². The predicted octanol–water partition coefficient (Wildman–Crippen LogP) is 4.40. The van der Waals surface area contributed by atoms with Crippen molar-refractivity contribution in [3.05, 3.63) is 22.8 Å². The van der Waals surface area contributed by atoms with Crippen LogP contribution >= 0.6 is 0 Å². The van der Waals surface area contributed by atoms with Crippen LogP contribution in [-0.2, 0) is 6.18 Å². The highest BCUT2D eigenvalue weighted by atomic mass is 19.4. The van der Waals surface area contributed by atoms with E-state index in [1.807, 2.05) is 4.90 Å². The third-order valence-electron chi connectivity index (χ3n) is 8.50. The maximum atomic E-state index is 16.5. The summed E-state index contributed by atoms with van der Waals surface area (Å²) >= 11 is 0. The van der Waals surface area contributed by atoms with Crippen molar-refractivity contribution in [3.63, 3.8) is 0 Å². The number of fused-ring (bicyclic) bond motifs is 1. The monoisotopic (exact) mass is 626 g/mol. The molecule has 44 heavy (non-hydrogen) atoms. The van der Waals surface area contributed by atoms with Crippen molar-refractivity contribution in [2.45, 2.75) is 63.5 Å². The van der Waals surface area contributed by atoms with Crippen molar-refractivity contribution < 1.29 is 35.8 Å². The molecule has 0 radical (unpaired) electrons. The summed E-state index contributed by atoms with van der Waals surface area (Å²) in [6.07, 6.45) is -4.30. The maximum Gasteiger partial charge on any atom is 0.418 e. The van der Waals surface area contributed by atoms with Crippen molar-refractivity contribution in [2.75, 3.05) is 50.4 Å². The van der Waals surface area contributed by atoms with Crippen LogP contribution in [0.1, 0.15) is 43.7 Å². The van der Waals surface area contributed by atoms with Crippen LogP contribution in [0.4, 0.5) is 38.0 Å². The van der Waals surface area contributed by atoms with Crippen molar-refractivity contribution in [1.29, 1.82) is 0 Å². The normalized spacial score (nSPS) is 24.5. The minimum atomic E-state index is -5.13. The Bertz CT molecular complexity index is 1590. The number of nitrogens with one attached hydrogen (secondary N) is 2. The molecule has 16 heteroatoms. The maximum absolute atomic E-state index is 16.5. The summed E-state index contributed by atoms with van der Waals surface area (Å²) in [6.45, 7) is 5.07. The molecule has 0 amide bonds. The van der Waals surface area contributed by atoms with Crippen molar-refractivity contribution in [2.24, 2.45) is 0 Å². The molecule has 0 aromatic carbocycles. The zero-order valence-electron chi connectivity index (χ0n) is 24.1. The molecule has 3 aliphatic heterocycles. The molecular formula is C28H32F6N8O2. The highest BCUT2D eigenvalue weighted by Gasteiger charge is 2.49. The van der Waals surface area contributed by atoms with Crippen LogP contribution in [0.3, 0.4) is 0 Å². The third-order valence-corrected chi connectivity index (χ3v) is 8.50. The summed E-state index contributed by atoms with van der Waals surface area (Å²) in [4.78, 5) is 18.5. The van der Waals surface area contributed by atoms with Gasteiger partial charge in [0, 0.05) is 31.6 Å². The molecule has 2 saturated heterocycles. The topological polar surface area (TPSA) is 123 Å². The number of rotatable bonds is 4. The Hall–Kier alpha value is -3.66. The minimum absolute atomic E-state index is 0.0157. The Morgan fingerprint density at radius 3 is 2.66 bits per heavy atom. The van der Waals surface area contributed by atoms with Crippen LogP contribution in [-0.4, -0.2) is 82.0 Å². The molecule has 3 aromatic rings. The van der Waals surface area contributed by atoms with Crippen LogP contribution in [0.15, 0.2) is 0 Å². The number of halogens is 6. The van der Waals surface area contributed by atoms with Gasteiger partial charge < -0.3 is 25.8 Å². The Morgan fingerprint density at radius 2 is 1.89 bits per heavy atom. The molecule has 0 spiro atoms. The Morgan fingerprint density at radius 1 is 1.09 bits per heavy atom. The van der Waals surface area contributed by atoms with Gasteiger partial charge in [-0.1, -0.05) is 0 Å². The van der Waals surface area contributed by atoms with Gasteiger partial charge in [-0.3, -0.25) is 4.90 Å². The lowest BCUT2D eigenvalue weighted by molar-refractivity contribution is -0.137. The van der Waals surface area contributed by atoms with Gasteiger partial charge in [-0.25, -0.2) is 23.1 Å². The molecule has 3 aromatic heterocycles. The molecule has 10 nitrogen and oxygen atoms in total. The highest BCUT2D eigenvalue weighted by Crippen LogP contribution is 2.44. The molecule has 0 bridgehead atoms. The summed E-state index contributed by atoms with van der Waals surface area (Å²) < 4.78 is 100. The Balaban J connectivity index is 1.54. The molecule has 238 valence electrons. The predicted molar refractivity (Wildman–Crippen MR) is 149 cm³/mol. The number of nitrogen functional groups attached to an aromatic ring is 1. The largest absolute Gasteiger partial charge is 0.474 e. The Kier molecular flexibility index (Phi) is 7.84. The number of pyridine rings is 2. The van der Waals surface area contributed by atoms with Crippen molar-refractivity contribution in [1.82, 2.24) is 30.2 Å². The standard InChI is InChI=1S/C28H32F6N8O2/c1-13-4-6-36-7-8-37-24-16-20(40-26(41-24)43-12-27-5-3-9-42(27)11-15(29)10-27)19(31)22(39-25(16)44-13)21-17(28(32,33)34)14(2)18(30)23(35)38-21/h13,15,36H,3-12H2,1-2H3,(H2,35,38)(H,37,40,41)/t13-,15+,27-/m0/s1. The average molecular weight is 627 g/mol. The number of anilines is 2. The fourth-order valence-electron chi connectivity index (χ4n) is 6.37. The smallest absolute Gasteiger partial charge is 0.418 e. The van der Waals surface area contributed by atoms with E-state index in [-0.39, 0.29) is 36.1 Å². The lowest BCUT2D eigenvalue weighted by atomic mass is 9.95. The summed E-state index contributed by atoms with van der Waals surface area (Å²) in [5.74, 6) is -3.66. The van der Waals surface area contributed by atoms with Gasteiger partial charge in [-0.05, 0) is 46.2 Å². The van der Waals surface area contributed by atoms with E-state index >= 15 is 4.39 Å². The van der Waals surface area contributed by atoms with E-state index in [9.17, 15) is 22.0 Å².